The summed E-state index contributed by atoms with van der Waals surface area (Å²) in [6, 6.07) is 0. The number of nitrogens with one attached hydrogen (secondary N) is 1. The minimum atomic E-state index is 0.391. The molecule has 0 atom stereocenters. The molecule has 102 valence electrons. The summed E-state index contributed by atoms with van der Waals surface area (Å²) in [5.74, 6) is 0. The van der Waals surface area contributed by atoms with E-state index >= 15 is 0 Å². The highest BCUT2D eigenvalue weighted by Crippen LogP contribution is 2.11. The molecule has 0 bridgehead atoms. The van der Waals surface area contributed by atoms with Crippen LogP contribution >= 0.6 is 0 Å². The van der Waals surface area contributed by atoms with Crippen molar-refractivity contribution in [1.29, 1.82) is 0 Å². The smallest absolute Gasteiger partial charge is 0.393 e. The van der Waals surface area contributed by atoms with E-state index in [0.29, 0.717) is 12.7 Å². The first kappa shape index (κ1) is 13.4. The SMILES string of the molecule is CCCNCc1coc(OCCN2CCCC2)n1. The largest absolute Gasteiger partial charge is 0.449 e. The molecule has 1 fully saturated rings. The van der Waals surface area contributed by atoms with E-state index in [-0.39, 0.29) is 0 Å². The van der Waals surface area contributed by atoms with Crippen molar-refractivity contribution in [3.8, 4) is 6.08 Å². The maximum atomic E-state index is 5.51. The van der Waals surface area contributed by atoms with E-state index in [1.165, 1.54) is 25.9 Å². The maximum absolute atomic E-state index is 5.51. The van der Waals surface area contributed by atoms with Gasteiger partial charge in [0.1, 0.15) is 12.9 Å². The van der Waals surface area contributed by atoms with Gasteiger partial charge in [-0.1, -0.05) is 6.92 Å². The summed E-state index contributed by atoms with van der Waals surface area (Å²) in [6.45, 7) is 7.89. The lowest BCUT2D eigenvalue weighted by Gasteiger charge is -2.13. The summed E-state index contributed by atoms with van der Waals surface area (Å²) in [4.78, 5) is 6.69. The molecule has 0 aliphatic carbocycles. The van der Waals surface area contributed by atoms with Gasteiger partial charge in [0, 0.05) is 13.1 Å². The standard InChI is InChI=1S/C13H23N3O2/c1-2-5-14-10-12-11-18-13(15-12)17-9-8-16-6-3-4-7-16/h11,14H,2-10H2,1H3. The lowest BCUT2D eigenvalue weighted by atomic mass is 10.4. The summed E-state index contributed by atoms with van der Waals surface area (Å²) < 4.78 is 10.8. The van der Waals surface area contributed by atoms with Crippen LogP contribution in [-0.4, -0.2) is 42.7 Å². The molecule has 1 aliphatic heterocycles. The van der Waals surface area contributed by atoms with Crippen molar-refractivity contribution >= 4 is 0 Å². The van der Waals surface area contributed by atoms with Crippen molar-refractivity contribution in [3.63, 3.8) is 0 Å². The molecule has 1 N–H and O–H groups in total. The van der Waals surface area contributed by atoms with Crippen LogP contribution in [0.1, 0.15) is 31.9 Å². The van der Waals surface area contributed by atoms with Gasteiger partial charge < -0.3 is 14.5 Å². The molecule has 2 rings (SSSR count). The fourth-order valence-electron chi connectivity index (χ4n) is 2.10. The Hall–Kier alpha value is -1.07. The molecule has 5 nitrogen and oxygen atoms in total. The molecule has 5 heteroatoms. The van der Waals surface area contributed by atoms with E-state index in [0.717, 1.165) is 31.7 Å². The van der Waals surface area contributed by atoms with Gasteiger partial charge in [0.15, 0.2) is 0 Å². The summed E-state index contributed by atoms with van der Waals surface area (Å²) >= 11 is 0. The summed E-state index contributed by atoms with van der Waals surface area (Å²) in [7, 11) is 0. The van der Waals surface area contributed by atoms with Gasteiger partial charge >= 0.3 is 6.08 Å². The van der Waals surface area contributed by atoms with Crippen molar-refractivity contribution in [2.24, 2.45) is 0 Å². The van der Waals surface area contributed by atoms with Crippen LogP contribution in [0.25, 0.3) is 0 Å². The minimum Gasteiger partial charge on any atom is -0.449 e. The van der Waals surface area contributed by atoms with E-state index in [9.17, 15) is 0 Å². The fraction of sp³-hybridized carbons (Fsp3) is 0.769. The highest BCUT2D eigenvalue weighted by atomic mass is 16.6. The highest BCUT2D eigenvalue weighted by Gasteiger charge is 2.11. The fourth-order valence-corrected chi connectivity index (χ4v) is 2.10. The molecule has 1 aromatic rings. The minimum absolute atomic E-state index is 0.391. The Morgan fingerprint density at radius 1 is 1.44 bits per heavy atom. The van der Waals surface area contributed by atoms with Crippen molar-refractivity contribution in [2.45, 2.75) is 32.7 Å². The average molecular weight is 253 g/mol. The second kappa shape index (κ2) is 7.38. The molecular formula is C13H23N3O2. The molecule has 2 heterocycles. The molecule has 1 saturated heterocycles. The van der Waals surface area contributed by atoms with Gasteiger partial charge in [-0.2, -0.15) is 4.98 Å². The highest BCUT2D eigenvalue weighted by molar-refractivity contribution is 4.99. The van der Waals surface area contributed by atoms with Crippen LogP contribution in [-0.2, 0) is 6.54 Å². The van der Waals surface area contributed by atoms with E-state index in [2.05, 4.69) is 22.1 Å². The van der Waals surface area contributed by atoms with Crippen molar-refractivity contribution in [2.75, 3.05) is 32.8 Å². The Morgan fingerprint density at radius 2 is 2.28 bits per heavy atom. The van der Waals surface area contributed by atoms with Crippen LogP contribution in [0, 0.1) is 0 Å². The Labute approximate surface area is 109 Å². The number of ether oxygens (including phenoxy) is 1. The molecule has 0 amide bonds. The zero-order chi connectivity index (χ0) is 12.6. The first-order valence-electron chi connectivity index (χ1n) is 6.88. The third kappa shape index (κ3) is 4.31. The van der Waals surface area contributed by atoms with Gasteiger partial charge in [-0.25, -0.2) is 0 Å². The number of likely N-dealkylation sites (tertiary alicyclic amines) is 1. The van der Waals surface area contributed by atoms with Gasteiger partial charge in [-0.3, -0.25) is 4.90 Å². The van der Waals surface area contributed by atoms with E-state index in [1.807, 2.05) is 0 Å². The predicted molar refractivity (Wildman–Crippen MR) is 69.7 cm³/mol. The normalized spacial score (nSPS) is 16.3. The molecule has 18 heavy (non-hydrogen) atoms. The maximum Gasteiger partial charge on any atom is 0.393 e. The quantitative estimate of drug-likeness (QED) is 0.714. The third-order valence-corrected chi connectivity index (χ3v) is 3.10. The second-order valence-corrected chi connectivity index (χ2v) is 4.68. The van der Waals surface area contributed by atoms with E-state index in [1.54, 1.807) is 6.26 Å². The molecule has 0 saturated carbocycles. The first-order valence-corrected chi connectivity index (χ1v) is 6.88. The van der Waals surface area contributed by atoms with Crippen LogP contribution in [0.15, 0.2) is 10.7 Å². The van der Waals surface area contributed by atoms with Crippen LogP contribution < -0.4 is 10.1 Å². The third-order valence-electron chi connectivity index (χ3n) is 3.10. The van der Waals surface area contributed by atoms with Gasteiger partial charge in [-0.15, -0.1) is 0 Å². The molecule has 0 radical (unpaired) electrons. The lowest BCUT2D eigenvalue weighted by molar-refractivity contribution is 0.191. The van der Waals surface area contributed by atoms with Crippen molar-refractivity contribution in [1.82, 2.24) is 15.2 Å². The second-order valence-electron chi connectivity index (χ2n) is 4.68. The van der Waals surface area contributed by atoms with Crippen LogP contribution in [0.5, 0.6) is 6.08 Å². The average Bonchev–Trinajstić information content (AvgIpc) is 3.01. The first-order chi connectivity index (χ1) is 8.88. The number of aromatic nitrogens is 1. The molecule has 1 aliphatic rings. The molecule has 0 aromatic carbocycles. The van der Waals surface area contributed by atoms with Gasteiger partial charge in [0.25, 0.3) is 0 Å². The summed E-state index contributed by atoms with van der Waals surface area (Å²) in [5, 5.41) is 3.28. The Balaban J connectivity index is 1.63. The van der Waals surface area contributed by atoms with Crippen LogP contribution in [0.3, 0.4) is 0 Å². The lowest BCUT2D eigenvalue weighted by Crippen LogP contribution is -2.25. The number of oxazole rings is 1. The number of hydrogen-bond acceptors (Lipinski definition) is 5. The molecular weight excluding hydrogens is 230 g/mol. The number of nitrogens with zero attached hydrogens (tertiary/aromatic N) is 2. The Kier molecular flexibility index (Phi) is 5.48. The molecule has 0 unspecified atom stereocenters. The van der Waals surface area contributed by atoms with Gasteiger partial charge in [-0.05, 0) is 38.9 Å². The van der Waals surface area contributed by atoms with Crippen molar-refractivity contribution in [3.05, 3.63) is 12.0 Å². The number of hydrogen-bond donors (Lipinski definition) is 1. The van der Waals surface area contributed by atoms with Gasteiger partial charge in [0.05, 0.1) is 5.69 Å². The van der Waals surface area contributed by atoms with Crippen molar-refractivity contribution < 1.29 is 9.15 Å². The predicted octanol–water partition coefficient (Wildman–Crippen LogP) is 1.65. The summed E-state index contributed by atoms with van der Waals surface area (Å²) in [5.41, 5.74) is 0.902. The Bertz CT molecular complexity index is 335. The zero-order valence-electron chi connectivity index (χ0n) is 11.2. The number of rotatable bonds is 8. The monoisotopic (exact) mass is 253 g/mol. The Morgan fingerprint density at radius 3 is 3.06 bits per heavy atom. The van der Waals surface area contributed by atoms with E-state index in [4.69, 9.17) is 9.15 Å². The van der Waals surface area contributed by atoms with E-state index < -0.39 is 0 Å². The topological polar surface area (TPSA) is 50.5 Å². The molecule has 0 spiro atoms. The zero-order valence-corrected chi connectivity index (χ0v) is 11.2. The summed E-state index contributed by atoms with van der Waals surface area (Å²) in [6.07, 6.45) is 5.80. The van der Waals surface area contributed by atoms with Crippen LogP contribution in [0.4, 0.5) is 0 Å². The van der Waals surface area contributed by atoms with Crippen LogP contribution in [0.2, 0.25) is 0 Å². The molecule has 1 aromatic heterocycles. The van der Waals surface area contributed by atoms with Gasteiger partial charge in [0.2, 0.25) is 0 Å².